The lowest BCUT2D eigenvalue weighted by atomic mass is 9.93. The van der Waals surface area contributed by atoms with Crippen LogP contribution in [0.5, 0.6) is 0 Å². The fraction of sp³-hybridized carbons (Fsp3) is 0.550. The van der Waals surface area contributed by atoms with Gasteiger partial charge in [-0.15, -0.1) is 0 Å². The van der Waals surface area contributed by atoms with Crippen LogP contribution in [0.4, 0.5) is 0 Å². The first-order chi connectivity index (χ1) is 11.8. The molecule has 0 unspecified atom stereocenters. The Hall–Kier alpha value is -1.81. The van der Waals surface area contributed by atoms with Crippen LogP contribution in [0.1, 0.15) is 44.1 Å². The van der Waals surface area contributed by atoms with Crippen LogP contribution < -0.4 is 5.32 Å². The van der Waals surface area contributed by atoms with E-state index in [0.717, 1.165) is 19.5 Å². The fourth-order valence-corrected chi connectivity index (χ4v) is 3.90. The largest absolute Gasteiger partial charge is 0.361 e. The van der Waals surface area contributed by atoms with Crippen molar-refractivity contribution in [2.45, 2.75) is 51.1 Å². The molecule has 0 spiro atoms. The molecule has 1 aliphatic heterocycles. The third kappa shape index (κ3) is 3.81. The third-order valence-corrected chi connectivity index (χ3v) is 5.39. The number of hydrogen-bond acceptors (Lipinski definition) is 2. The molecule has 2 heterocycles. The Bertz CT molecular complexity index is 704. The number of aromatic amines is 1. The van der Waals surface area contributed by atoms with Gasteiger partial charge in [0.25, 0.3) is 0 Å². The number of para-hydroxylation sites is 1. The van der Waals surface area contributed by atoms with Crippen LogP contribution >= 0.6 is 0 Å². The van der Waals surface area contributed by atoms with Crippen LogP contribution in [0.25, 0.3) is 10.9 Å². The van der Waals surface area contributed by atoms with Crippen molar-refractivity contribution < 1.29 is 4.79 Å². The molecule has 0 bridgehead atoms. The molecule has 1 saturated carbocycles. The number of nitrogens with zero attached hydrogens (tertiary/aromatic N) is 1. The van der Waals surface area contributed by atoms with Crippen LogP contribution in [-0.4, -0.2) is 34.9 Å². The summed E-state index contributed by atoms with van der Waals surface area (Å²) in [5.41, 5.74) is 2.61. The molecule has 0 radical (unpaired) electrons. The highest BCUT2D eigenvalue weighted by Gasteiger charge is 2.25. The lowest BCUT2D eigenvalue weighted by Crippen LogP contribution is -2.35. The molecule has 128 valence electrons. The molecule has 2 N–H and O–H groups in total. The zero-order valence-electron chi connectivity index (χ0n) is 14.3. The summed E-state index contributed by atoms with van der Waals surface area (Å²) in [4.78, 5) is 17.8. The van der Waals surface area contributed by atoms with Crippen molar-refractivity contribution in [2.75, 3.05) is 13.1 Å². The number of hydrogen-bond donors (Lipinski definition) is 2. The number of nitrogens with one attached hydrogen (secondary N) is 2. The van der Waals surface area contributed by atoms with Gasteiger partial charge in [0.1, 0.15) is 0 Å². The van der Waals surface area contributed by atoms with E-state index in [9.17, 15) is 4.79 Å². The maximum absolute atomic E-state index is 11.9. The predicted molar refractivity (Wildman–Crippen MR) is 96.7 cm³/mol. The van der Waals surface area contributed by atoms with Gasteiger partial charge in [-0.05, 0) is 56.2 Å². The topological polar surface area (TPSA) is 48.1 Å². The molecule has 2 fully saturated rings. The monoisotopic (exact) mass is 325 g/mol. The lowest BCUT2D eigenvalue weighted by molar-refractivity contribution is -0.121. The standard InChI is InChI=1S/C20H27N3O/c24-20(22-17-8-9-17)10-7-15-4-3-11-23(13-15)14-16-12-21-19-6-2-1-5-18(16)19/h1-2,5-6,12,15,17,21H,3-4,7-11,13-14H2,(H,22,24)/t15-/m1/s1. The highest BCUT2D eigenvalue weighted by Crippen LogP contribution is 2.25. The molecule has 2 aliphatic rings. The number of carbonyl (C=O) groups is 1. The van der Waals surface area contributed by atoms with Crippen LogP contribution in [0.2, 0.25) is 0 Å². The highest BCUT2D eigenvalue weighted by atomic mass is 16.1. The summed E-state index contributed by atoms with van der Waals surface area (Å²) < 4.78 is 0. The van der Waals surface area contributed by atoms with Gasteiger partial charge in [-0.1, -0.05) is 18.2 Å². The van der Waals surface area contributed by atoms with Crippen molar-refractivity contribution in [3.05, 3.63) is 36.0 Å². The summed E-state index contributed by atoms with van der Waals surface area (Å²) in [6, 6.07) is 9.01. The minimum atomic E-state index is 0.256. The quantitative estimate of drug-likeness (QED) is 0.855. The van der Waals surface area contributed by atoms with E-state index in [1.54, 1.807) is 0 Å². The minimum absolute atomic E-state index is 0.256. The van der Waals surface area contributed by atoms with Crippen molar-refractivity contribution in [3.8, 4) is 0 Å². The molecule has 1 atom stereocenters. The van der Waals surface area contributed by atoms with E-state index in [1.165, 1.54) is 48.7 Å². The summed E-state index contributed by atoms with van der Waals surface area (Å²) in [5.74, 6) is 0.917. The van der Waals surface area contributed by atoms with Gasteiger partial charge in [-0.25, -0.2) is 0 Å². The van der Waals surface area contributed by atoms with E-state index in [-0.39, 0.29) is 5.91 Å². The van der Waals surface area contributed by atoms with Crippen molar-refractivity contribution in [1.29, 1.82) is 0 Å². The average Bonchev–Trinajstić information content (AvgIpc) is 3.33. The van der Waals surface area contributed by atoms with E-state index >= 15 is 0 Å². The number of benzene rings is 1. The van der Waals surface area contributed by atoms with Gasteiger partial charge in [-0.3, -0.25) is 9.69 Å². The summed E-state index contributed by atoms with van der Waals surface area (Å²) in [6.07, 6.45) is 8.74. The van der Waals surface area contributed by atoms with Gasteiger partial charge in [0, 0.05) is 42.7 Å². The highest BCUT2D eigenvalue weighted by molar-refractivity contribution is 5.83. The van der Waals surface area contributed by atoms with Gasteiger partial charge in [0.2, 0.25) is 5.91 Å². The molecule has 1 amide bonds. The van der Waals surface area contributed by atoms with E-state index < -0.39 is 0 Å². The Kier molecular flexibility index (Phi) is 4.56. The van der Waals surface area contributed by atoms with Crippen LogP contribution in [0, 0.1) is 5.92 Å². The summed E-state index contributed by atoms with van der Waals surface area (Å²) in [6.45, 7) is 3.30. The normalized spacial score (nSPS) is 21.9. The molecule has 1 saturated heterocycles. The molecule has 1 aromatic carbocycles. The molecule has 1 aliphatic carbocycles. The number of aromatic nitrogens is 1. The van der Waals surface area contributed by atoms with Gasteiger partial charge in [-0.2, -0.15) is 0 Å². The van der Waals surface area contributed by atoms with Crippen LogP contribution in [-0.2, 0) is 11.3 Å². The van der Waals surface area contributed by atoms with E-state index in [2.05, 4.69) is 45.7 Å². The Morgan fingerprint density at radius 2 is 2.12 bits per heavy atom. The lowest BCUT2D eigenvalue weighted by Gasteiger charge is -2.32. The van der Waals surface area contributed by atoms with Gasteiger partial charge in [0.05, 0.1) is 0 Å². The third-order valence-electron chi connectivity index (χ3n) is 5.39. The molecule has 4 nitrogen and oxygen atoms in total. The first-order valence-electron chi connectivity index (χ1n) is 9.34. The Morgan fingerprint density at radius 1 is 1.25 bits per heavy atom. The molecule has 2 aromatic rings. The number of likely N-dealkylation sites (tertiary alicyclic amines) is 1. The molecular formula is C20H27N3O. The van der Waals surface area contributed by atoms with Gasteiger partial charge >= 0.3 is 0 Å². The average molecular weight is 325 g/mol. The number of H-pyrrole nitrogens is 1. The first-order valence-corrected chi connectivity index (χ1v) is 9.34. The van der Waals surface area contributed by atoms with Gasteiger partial charge in [0.15, 0.2) is 0 Å². The van der Waals surface area contributed by atoms with E-state index in [1.807, 2.05) is 0 Å². The summed E-state index contributed by atoms with van der Waals surface area (Å²) in [5, 5.41) is 4.44. The Morgan fingerprint density at radius 3 is 3.00 bits per heavy atom. The molecule has 4 heteroatoms. The second kappa shape index (κ2) is 6.98. The zero-order chi connectivity index (χ0) is 16.4. The molecular weight excluding hydrogens is 298 g/mol. The second-order valence-corrected chi connectivity index (χ2v) is 7.48. The second-order valence-electron chi connectivity index (χ2n) is 7.48. The molecule has 24 heavy (non-hydrogen) atoms. The smallest absolute Gasteiger partial charge is 0.220 e. The number of fused-ring (bicyclic) bond motifs is 1. The van der Waals surface area contributed by atoms with Crippen LogP contribution in [0.3, 0.4) is 0 Å². The van der Waals surface area contributed by atoms with Crippen LogP contribution in [0.15, 0.2) is 30.5 Å². The number of rotatable bonds is 6. The van der Waals surface area contributed by atoms with E-state index in [0.29, 0.717) is 18.4 Å². The first kappa shape index (κ1) is 15.7. The number of piperidine rings is 1. The number of carbonyl (C=O) groups excluding carboxylic acids is 1. The SMILES string of the molecule is O=C(CC[C@H]1CCCN(Cc2c[nH]c3ccccc23)C1)NC1CC1. The fourth-order valence-electron chi connectivity index (χ4n) is 3.90. The Balaban J connectivity index is 1.30. The van der Waals surface area contributed by atoms with Crippen molar-refractivity contribution in [2.24, 2.45) is 5.92 Å². The zero-order valence-corrected chi connectivity index (χ0v) is 14.3. The summed E-state index contributed by atoms with van der Waals surface area (Å²) in [7, 11) is 0. The Labute approximate surface area is 143 Å². The van der Waals surface area contributed by atoms with Crippen molar-refractivity contribution >= 4 is 16.8 Å². The molecule has 1 aromatic heterocycles. The minimum Gasteiger partial charge on any atom is -0.361 e. The van der Waals surface area contributed by atoms with Crippen molar-refractivity contribution in [3.63, 3.8) is 0 Å². The number of amides is 1. The predicted octanol–water partition coefficient (Wildman–Crippen LogP) is 3.44. The van der Waals surface area contributed by atoms with E-state index in [4.69, 9.17) is 0 Å². The van der Waals surface area contributed by atoms with Gasteiger partial charge < -0.3 is 10.3 Å². The summed E-state index contributed by atoms with van der Waals surface area (Å²) >= 11 is 0. The maximum Gasteiger partial charge on any atom is 0.220 e. The molecule has 4 rings (SSSR count). The maximum atomic E-state index is 11.9. The van der Waals surface area contributed by atoms with Crippen molar-refractivity contribution in [1.82, 2.24) is 15.2 Å².